The summed E-state index contributed by atoms with van der Waals surface area (Å²) < 4.78 is 3.98. The van der Waals surface area contributed by atoms with Crippen LogP contribution in [0.25, 0.3) is 16.8 Å². The molecule has 8 nitrogen and oxygen atoms in total. The summed E-state index contributed by atoms with van der Waals surface area (Å²) in [6.07, 6.45) is 5.74. The summed E-state index contributed by atoms with van der Waals surface area (Å²) >= 11 is 0. The Bertz CT molecular complexity index is 1190. The van der Waals surface area contributed by atoms with Crippen molar-refractivity contribution in [2.75, 3.05) is 17.2 Å². The van der Waals surface area contributed by atoms with E-state index in [-0.39, 0.29) is 5.92 Å². The number of aryl methyl sites for hydroxylation is 2. The quantitative estimate of drug-likeness (QED) is 0.569. The molecule has 1 aliphatic rings. The molecule has 4 heterocycles. The zero-order valence-corrected chi connectivity index (χ0v) is 16.6. The van der Waals surface area contributed by atoms with Gasteiger partial charge in [0.15, 0.2) is 0 Å². The highest BCUT2D eigenvalue weighted by molar-refractivity contribution is 5.79. The molecule has 0 saturated carbocycles. The first-order valence-electron chi connectivity index (χ1n) is 9.55. The zero-order chi connectivity index (χ0) is 20.1. The van der Waals surface area contributed by atoms with Crippen molar-refractivity contribution < 1.29 is 0 Å². The third-order valence-electron chi connectivity index (χ3n) is 5.38. The monoisotopic (exact) mass is 386 g/mol. The fourth-order valence-electron chi connectivity index (χ4n) is 3.93. The number of nitrogens with zero attached hydrogens (tertiary/aromatic N) is 7. The van der Waals surface area contributed by atoms with E-state index in [2.05, 4.69) is 54.9 Å². The molecule has 0 saturated heterocycles. The molecule has 0 unspecified atom stereocenters. The molecule has 29 heavy (non-hydrogen) atoms. The van der Waals surface area contributed by atoms with Crippen molar-refractivity contribution in [3.8, 4) is 16.8 Å². The Morgan fingerprint density at radius 1 is 1.03 bits per heavy atom. The van der Waals surface area contributed by atoms with Crippen LogP contribution in [0.4, 0.5) is 17.2 Å². The molecule has 2 N–H and O–H groups in total. The first-order chi connectivity index (χ1) is 14.0. The van der Waals surface area contributed by atoms with E-state index >= 15 is 0 Å². The lowest BCUT2D eigenvalue weighted by molar-refractivity contribution is 0.695. The number of hydrogen-bond acceptors (Lipinski definition) is 6. The minimum absolute atomic E-state index is 0.199. The van der Waals surface area contributed by atoms with Gasteiger partial charge in [0, 0.05) is 37.5 Å². The summed E-state index contributed by atoms with van der Waals surface area (Å²) in [6, 6.07) is 10.2. The van der Waals surface area contributed by atoms with Crippen LogP contribution in [0, 0.1) is 6.92 Å². The van der Waals surface area contributed by atoms with Crippen LogP contribution in [0.2, 0.25) is 0 Å². The Kier molecular flexibility index (Phi) is 3.87. The highest BCUT2D eigenvalue weighted by Gasteiger charge is 2.29. The predicted molar refractivity (Wildman–Crippen MR) is 112 cm³/mol. The van der Waals surface area contributed by atoms with Gasteiger partial charge < -0.3 is 10.6 Å². The van der Waals surface area contributed by atoms with Gasteiger partial charge in [-0.1, -0.05) is 13.0 Å². The van der Waals surface area contributed by atoms with Crippen LogP contribution in [0.3, 0.4) is 0 Å². The fourth-order valence-corrected chi connectivity index (χ4v) is 3.93. The van der Waals surface area contributed by atoms with Crippen LogP contribution in [0.5, 0.6) is 0 Å². The molecular weight excluding hydrogens is 364 g/mol. The number of benzene rings is 1. The smallest absolute Gasteiger partial charge is 0.142 e. The molecular formula is C21H22N8. The maximum Gasteiger partial charge on any atom is 0.142 e. The lowest BCUT2D eigenvalue weighted by Crippen LogP contribution is -2.21. The molecule has 146 valence electrons. The van der Waals surface area contributed by atoms with Gasteiger partial charge in [0.05, 0.1) is 23.3 Å². The molecule has 1 aliphatic heterocycles. The highest BCUT2D eigenvalue weighted by atomic mass is 15.3. The number of nitrogen functional groups attached to an aromatic ring is 1. The molecule has 1 atom stereocenters. The summed E-state index contributed by atoms with van der Waals surface area (Å²) in [6.45, 7) is 4.95. The number of rotatable bonds is 2. The van der Waals surface area contributed by atoms with Gasteiger partial charge in [0.25, 0.3) is 0 Å². The topological polar surface area (TPSA) is 90.7 Å². The lowest BCUT2D eigenvalue weighted by atomic mass is 10.0. The molecule has 0 radical (unpaired) electrons. The van der Waals surface area contributed by atoms with E-state index in [1.165, 1.54) is 0 Å². The average molecular weight is 386 g/mol. The molecule has 5 rings (SSSR count). The van der Waals surface area contributed by atoms with Crippen molar-refractivity contribution in [1.29, 1.82) is 0 Å². The summed E-state index contributed by atoms with van der Waals surface area (Å²) in [5.41, 5.74) is 11.0. The van der Waals surface area contributed by atoms with Crippen molar-refractivity contribution >= 4 is 17.2 Å². The molecule has 1 aromatic carbocycles. The van der Waals surface area contributed by atoms with Gasteiger partial charge in [0.2, 0.25) is 0 Å². The third-order valence-corrected chi connectivity index (χ3v) is 5.38. The van der Waals surface area contributed by atoms with Gasteiger partial charge >= 0.3 is 0 Å². The van der Waals surface area contributed by atoms with E-state index in [0.717, 1.165) is 46.4 Å². The third kappa shape index (κ3) is 2.84. The van der Waals surface area contributed by atoms with Crippen molar-refractivity contribution in [3.05, 3.63) is 60.6 Å². The van der Waals surface area contributed by atoms with Gasteiger partial charge in [-0.2, -0.15) is 5.10 Å². The van der Waals surface area contributed by atoms with Crippen LogP contribution in [0.1, 0.15) is 24.5 Å². The van der Waals surface area contributed by atoms with E-state index in [0.29, 0.717) is 5.82 Å². The van der Waals surface area contributed by atoms with Crippen LogP contribution in [0.15, 0.2) is 48.9 Å². The van der Waals surface area contributed by atoms with E-state index in [4.69, 9.17) is 5.73 Å². The zero-order valence-electron chi connectivity index (χ0n) is 16.6. The first kappa shape index (κ1) is 17.4. The van der Waals surface area contributed by atoms with Gasteiger partial charge in [-0.3, -0.25) is 9.25 Å². The summed E-state index contributed by atoms with van der Waals surface area (Å²) in [5.74, 6) is 2.56. The number of pyridine rings is 1. The van der Waals surface area contributed by atoms with E-state index < -0.39 is 0 Å². The number of aromatic nitrogens is 6. The van der Waals surface area contributed by atoms with Gasteiger partial charge in [-0.05, 0) is 36.8 Å². The SMILES string of the molecule is Cc1nnc2n1-c1ccc(-c3ccc(N)nc3)cc1N(c1cnn(C)c1)C[C@H]2C. The Balaban J connectivity index is 1.74. The highest BCUT2D eigenvalue weighted by Crippen LogP contribution is 2.40. The van der Waals surface area contributed by atoms with Gasteiger partial charge in [-0.15, -0.1) is 10.2 Å². The molecule has 4 aromatic rings. The molecule has 8 heteroatoms. The van der Waals surface area contributed by atoms with Gasteiger partial charge in [0.1, 0.15) is 17.5 Å². The number of fused-ring (bicyclic) bond motifs is 3. The predicted octanol–water partition coefficient (Wildman–Crippen LogP) is 3.21. The van der Waals surface area contributed by atoms with Crippen molar-refractivity contribution in [2.45, 2.75) is 19.8 Å². The molecule has 0 fully saturated rings. The Labute approximate surface area is 168 Å². The Hall–Kier alpha value is -3.68. The molecule has 0 spiro atoms. The maximum absolute atomic E-state index is 5.76. The van der Waals surface area contributed by atoms with Crippen LogP contribution >= 0.6 is 0 Å². The summed E-state index contributed by atoms with van der Waals surface area (Å²) in [7, 11) is 1.93. The number of anilines is 3. The van der Waals surface area contributed by atoms with Crippen molar-refractivity contribution in [2.24, 2.45) is 7.05 Å². The van der Waals surface area contributed by atoms with E-state index in [9.17, 15) is 0 Å². The van der Waals surface area contributed by atoms with Crippen LogP contribution < -0.4 is 10.6 Å². The maximum atomic E-state index is 5.76. The van der Waals surface area contributed by atoms with E-state index in [1.807, 2.05) is 43.2 Å². The minimum atomic E-state index is 0.199. The molecule has 0 aliphatic carbocycles. The second-order valence-corrected chi connectivity index (χ2v) is 7.50. The van der Waals surface area contributed by atoms with Gasteiger partial charge in [-0.25, -0.2) is 4.98 Å². The second kappa shape index (κ2) is 6.44. The van der Waals surface area contributed by atoms with Crippen LogP contribution in [-0.2, 0) is 7.05 Å². The average Bonchev–Trinajstić information content (AvgIpc) is 3.29. The minimum Gasteiger partial charge on any atom is -0.384 e. The normalized spacial score (nSPS) is 15.7. The van der Waals surface area contributed by atoms with Crippen LogP contribution in [-0.4, -0.2) is 36.1 Å². The largest absolute Gasteiger partial charge is 0.384 e. The second-order valence-electron chi connectivity index (χ2n) is 7.50. The van der Waals surface area contributed by atoms with Crippen molar-refractivity contribution in [1.82, 2.24) is 29.5 Å². The lowest BCUT2D eigenvalue weighted by Gasteiger charge is -2.25. The molecule has 0 bridgehead atoms. The summed E-state index contributed by atoms with van der Waals surface area (Å²) in [4.78, 5) is 6.55. The van der Waals surface area contributed by atoms with E-state index in [1.54, 1.807) is 6.20 Å². The Morgan fingerprint density at radius 3 is 2.59 bits per heavy atom. The molecule has 3 aromatic heterocycles. The fraction of sp³-hybridized carbons (Fsp3) is 0.238. The summed E-state index contributed by atoms with van der Waals surface area (Å²) in [5, 5.41) is 13.2. The molecule has 0 amide bonds. The Morgan fingerprint density at radius 2 is 1.86 bits per heavy atom. The number of hydrogen-bond donors (Lipinski definition) is 1. The van der Waals surface area contributed by atoms with Crippen molar-refractivity contribution in [3.63, 3.8) is 0 Å². The standard InChI is InChI=1S/C21H22N8/c1-13-11-28(17-10-24-27(3)12-17)19-8-15(16-5-7-20(22)23-9-16)4-6-18(19)29-14(2)25-26-21(13)29/h4-10,12-13H,11H2,1-3H3,(H2,22,23)/t13-/m1/s1. The number of nitrogens with two attached hydrogens (primary N) is 1. The first-order valence-corrected chi connectivity index (χ1v) is 9.55.